The second kappa shape index (κ2) is 4.75. The smallest absolute Gasteiger partial charge is 0.0604 e. The van der Waals surface area contributed by atoms with E-state index in [4.69, 9.17) is 0 Å². The van der Waals surface area contributed by atoms with E-state index in [1.165, 1.54) is 51.6 Å². The number of fused-ring (bicyclic) bond motifs is 3. The fourth-order valence-corrected chi connectivity index (χ4v) is 4.62. The molecule has 102 valence electrons. The van der Waals surface area contributed by atoms with Crippen LogP contribution in [0.2, 0.25) is 0 Å². The lowest BCUT2D eigenvalue weighted by molar-refractivity contribution is 0.0521. The third kappa shape index (κ3) is 1.99. The molecule has 0 aromatic heterocycles. The molecule has 0 aliphatic carbocycles. The van der Waals surface area contributed by atoms with Crippen molar-refractivity contribution in [3.63, 3.8) is 0 Å². The van der Waals surface area contributed by atoms with Crippen LogP contribution in [0.5, 0.6) is 0 Å². The van der Waals surface area contributed by atoms with E-state index in [9.17, 15) is 0 Å². The van der Waals surface area contributed by atoms with Crippen LogP contribution in [0, 0.1) is 11.8 Å². The summed E-state index contributed by atoms with van der Waals surface area (Å²) in [4.78, 5) is 0. The van der Waals surface area contributed by atoms with Crippen LogP contribution in [0.25, 0.3) is 0 Å². The van der Waals surface area contributed by atoms with E-state index in [0.29, 0.717) is 24.4 Å². The van der Waals surface area contributed by atoms with Crippen molar-refractivity contribution in [2.24, 2.45) is 11.8 Å². The quantitative estimate of drug-likeness (QED) is 0.501. The summed E-state index contributed by atoms with van der Waals surface area (Å²) in [6.07, 6.45) is 9.41. The Morgan fingerprint density at radius 2 is 1.17 bits per heavy atom. The standard InChI is InChI=1S/C14H26N4/c1-3-9-7-11-12(17-13(9)15-5-1)8-10-4-2-6-16-14(10)18-11/h9-18H,1-8H2. The van der Waals surface area contributed by atoms with Crippen LogP contribution < -0.4 is 21.3 Å². The average molecular weight is 250 g/mol. The number of nitrogens with one attached hydrogen (secondary N) is 4. The zero-order valence-electron chi connectivity index (χ0n) is 11.1. The Balaban J connectivity index is 1.46. The van der Waals surface area contributed by atoms with Crippen molar-refractivity contribution in [3.8, 4) is 0 Å². The minimum absolute atomic E-state index is 0.592. The molecule has 0 bridgehead atoms. The Labute approximate surface area is 110 Å². The third-order valence-corrected chi connectivity index (χ3v) is 5.56. The lowest BCUT2D eigenvalue weighted by Crippen LogP contribution is -2.71. The summed E-state index contributed by atoms with van der Waals surface area (Å²) in [5.41, 5.74) is 0. The molecule has 0 aromatic carbocycles. The normalized spacial score (nSPS) is 52.0. The predicted molar refractivity (Wildman–Crippen MR) is 72.1 cm³/mol. The largest absolute Gasteiger partial charge is 0.302 e. The predicted octanol–water partition coefficient (Wildman–Crippen LogP) is 0.362. The van der Waals surface area contributed by atoms with Gasteiger partial charge in [0.2, 0.25) is 0 Å². The molecule has 4 aliphatic rings. The summed E-state index contributed by atoms with van der Waals surface area (Å²) in [7, 11) is 0. The van der Waals surface area contributed by atoms with Gasteiger partial charge in [0.1, 0.15) is 0 Å². The molecule has 4 fully saturated rings. The van der Waals surface area contributed by atoms with E-state index in [-0.39, 0.29) is 0 Å². The fraction of sp³-hybridized carbons (Fsp3) is 1.00. The van der Waals surface area contributed by atoms with Crippen molar-refractivity contribution < 1.29 is 0 Å². The Morgan fingerprint density at radius 1 is 0.667 bits per heavy atom. The van der Waals surface area contributed by atoms with Crippen molar-refractivity contribution in [1.29, 1.82) is 0 Å². The minimum Gasteiger partial charge on any atom is -0.302 e. The highest BCUT2D eigenvalue weighted by Crippen LogP contribution is 2.34. The first-order valence-corrected chi connectivity index (χ1v) is 7.89. The maximum atomic E-state index is 3.89. The molecule has 4 heterocycles. The van der Waals surface area contributed by atoms with Gasteiger partial charge >= 0.3 is 0 Å². The second-order valence-electron chi connectivity index (χ2n) is 6.69. The first-order chi connectivity index (χ1) is 8.90. The van der Waals surface area contributed by atoms with E-state index in [1.54, 1.807) is 0 Å². The van der Waals surface area contributed by atoms with E-state index in [0.717, 1.165) is 11.8 Å². The highest BCUT2D eigenvalue weighted by atomic mass is 15.2. The molecule has 0 aromatic rings. The molecule has 0 saturated carbocycles. The number of piperidine rings is 4. The van der Waals surface area contributed by atoms with Crippen molar-refractivity contribution >= 4 is 0 Å². The summed E-state index contributed by atoms with van der Waals surface area (Å²) < 4.78 is 0. The molecule has 0 amide bonds. The Hall–Kier alpha value is -0.160. The van der Waals surface area contributed by atoms with Gasteiger partial charge in [-0.1, -0.05) is 0 Å². The molecule has 0 radical (unpaired) electrons. The van der Waals surface area contributed by atoms with Gasteiger partial charge in [-0.05, 0) is 63.5 Å². The molecule has 6 atom stereocenters. The molecule has 4 heteroatoms. The van der Waals surface area contributed by atoms with Gasteiger partial charge in [-0.25, -0.2) is 0 Å². The van der Waals surface area contributed by atoms with Gasteiger partial charge in [0.05, 0.1) is 12.3 Å². The van der Waals surface area contributed by atoms with Crippen LogP contribution in [0.3, 0.4) is 0 Å². The Bertz CT molecular complexity index is 250. The lowest BCUT2D eigenvalue weighted by atomic mass is 9.75. The van der Waals surface area contributed by atoms with Crippen molar-refractivity contribution in [1.82, 2.24) is 21.3 Å². The molecule has 0 spiro atoms. The number of hydrogen-bond donors (Lipinski definition) is 4. The minimum atomic E-state index is 0.592. The topological polar surface area (TPSA) is 48.1 Å². The van der Waals surface area contributed by atoms with E-state index in [1.807, 2.05) is 0 Å². The van der Waals surface area contributed by atoms with Crippen molar-refractivity contribution in [3.05, 3.63) is 0 Å². The SMILES string of the molecule is C1CNC2NC3CC4CCCNC4NC3CC2C1. The van der Waals surface area contributed by atoms with Gasteiger partial charge in [0.15, 0.2) is 0 Å². The van der Waals surface area contributed by atoms with Crippen LogP contribution in [-0.2, 0) is 0 Å². The Morgan fingerprint density at radius 3 is 1.67 bits per heavy atom. The molecule has 4 aliphatic heterocycles. The van der Waals surface area contributed by atoms with Crippen LogP contribution in [0.15, 0.2) is 0 Å². The van der Waals surface area contributed by atoms with Crippen molar-refractivity contribution in [2.75, 3.05) is 13.1 Å². The monoisotopic (exact) mass is 250 g/mol. The van der Waals surface area contributed by atoms with Crippen LogP contribution in [0.4, 0.5) is 0 Å². The summed E-state index contributed by atoms with van der Waals surface area (Å²) in [5.74, 6) is 1.68. The average Bonchev–Trinajstić information content (AvgIpc) is 2.42. The maximum Gasteiger partial charge on any atom is 0.0604 e. The van der Waals surface area contributed by atoms with Crippen LogP contribution >= 0.6 is 0 Å². The van der Waals surface area contributed by atoms with E-state index < -0.39 is 0 Å². The van der Waals surface area contributed by atoms with Crippen molar-refractivity contribution in [2.45, 2.75) is 62.9 Å². The van der Waals surface area contributed by atoms with Gasteiger partial charge in [-0.2, -0.15) is 0 Å². The summed E-state index contributed by atoms with van der Waals surface area (Å²) >= 11 is 0. The molecule has 4 nitrogen and oxygen atoms in total. The van der Waals surface area contributed by atoms with Gasteiger partial charge < -0.3 is 10.6 Å². The zero-order chi connectivity index (χ0) is 11.9. The molecule has 18 heavy (non-hydrogen) atoms. The second-order valence-corrected chi connectivity index (χ2v) is 6.69. The summed E-state index contributed by atoms with van der Waals surface area (Å²) in [5, 5.41) is 15.1. The summed E-state index contributed by atoms with van der Waals surface area (Å²) in [6.45, 7) is 2.40. The third-order valence-electron chi connectivity index (χ3n) is 5.56. The zero-order valence-corrected chi connectivity index (χ0v) is 11.1. The van der Waals surface area contributed by atoms with Gasteiger partial charge in [0, 0.05) is 12.1 Å². The number of hydrogen-bond acceptors (Lipinski definition) is 4. The highest BCUT2D eigenvalue weighted by molar-refractivity contribution is 5.02. The number of rotatable bonds is 0. The Kier molecular flexibility index (Phi) is 3.07. The lowest BCUT2D eigenvalue weighted by Gasteiger charge is -2.52. The van der Waals surface area contributed by atoms with Gasteiger partial charge in [0.25, 0.3) is 0 Å². The van der Waals surface area contributed by atoms with E-state index >= 15 is 0 Å². The molecular weight excluding hydrogens is 224 g/mol. The molecular formula is C14H26N4. The van der Waals surface area contributed by atoms with Crippen LogP contribution in [-0.4, -0.2) is 37.5 Å². The summed E-state index contributed by atoms with van der Waals surface area (Å²) in [6, 6.07) is 1.39. The first kappa shape index (κ1) is 11.6. The van der Waals surface area contributed by atoms with Crippen LogP contribution in [0.1, 0.15) is 38.5 Å². The van der Waals surface area contributed by atoms with Gasteiger partial charge in [-0.3, -0.25) is 10.6 Å². The fourth-order valence-electron chi connectivity index (χ4n) is 4.62. The first-order valence-electron chi connectivity index (χ1n) is 7.89. The van der Waals surface area contributed by atoms with E-state index in [2.05, 4.69) is 21.3 Å². The molecule has 4 saturated heterocycles. The molecule has 4 N–H and O–H groups in total. The molecule has 6 unspecified atom stereocenters. The highest BCUT2D eigenvalue weighted by Gasteiger charge is 2.43. The molecule has 4 rings (SSSR count). The maximum absolute atomic E-state index is 3.89. The van der Waals surface area contributed by atoms with Gasteiger partial charge in [-0.15, -0.1) is 0 Å².